The number of rotatable bonds is 6. The van der Waals surface area contributed by atoms with Gasteiger partial charge in [0, 0.05) is 11.4 Å². The molecule has 0 unspecified atom stereocenters. The maximum Gasteiger partial charge on any atom is 0.228 e. The van der Waals surface area contributed by atoms with Crippen LogP contribution in [0.4, 0.5) is 0 Å². The summed E-state index contributed by atoms with van der Waals surface area (Å²) in [6.07, 6.45) is 4.52. The van der Waals surface area contributed by atoms with Crippen LogP contribution >= 0.6 is 11.8 Å². The van der Waals surface area contributed by atoms with E-state index in [1.807, 2.05) is 0 Å². The summed E-state index contributed by atoms with van der Waals surface area (Å²) < 4.78 is 0. The predicted octanol–water partition coefficient (Wildman–Crippen LogP) is 1.84. The van der Waals surface area contributed by atoms with Crippen LogP contribution in [0.1, 0.15) is 18.4 Å². The van der Waals surface area contributed by atoms with Crippen LogP contribution in [-0.4, -0.2) is 30.4 Å². The first-order valence-electron chi connectivity index (χ1n) is 6.22. The van der Waals surface area contributed by atoms with Crippen molar-refractivity contribution < 1.29 is 9.90 Å². The van der Waals surface area contributed by atoms with Gasteiger partial charge in [0.2, 0.25) is 5.91 Å². The third-order valence-electron chi connectivity index (χ3n) is 3.50. The molecule has 0 aromatic heterocycles. The Morgan fingerprint density at radius 1 is 1.39 bits per heavy atom. The van der Waals surface area contributed by atoms with Gasteiger partial charge in [-0.3, -0.25) is 4.79 Å². The largest absolute Gasteiger partial charge is 0.395 e. The summed E-state index contributed by atoms with van der Waals surface area (Å²) >= 11 is 1.72. The number of amides is 1. The molecule has 0 heterocycles. The quantitative estimate of drug-likeness (QED) is 0.772. The predicted molar refractivity (Wildman–Crippen MR) is 73.7 cm³/mol. The van der Waals surface area contributed by atoms with Crippen LogP contribution in [0.15, 0.2) is 29.2 Å². The van der Waals surface area contributed by atoms with Gasteiger partial charge in [-0.25, -0.2) is 0 Å². The summed E-state index contributed by atoms with van der Waals surface area (Å²) in [5, 5.41) is 12.0. The topological polar surface area (TPSA) is 49.3 Å². The van der Waals surface area contributed by atoms with Crippen molar-refractivity contribution in [3.05, 3.63) is 29.8 Å². The van der Waals surface area contributed by atoms with Gasteiger partial charge in [-0.1, -0.05) is 12.1 Å². The second-order valence-corrected chi connectivity index (χ2v) is 5.67. The molecule has 2 N–H and O–H groups in total. The molecule has 98 valence electrons. The van der Waals surface area contributed by atoms with E-state index in [4.69, 9.17) is 5.11 Å². The average molecular weight is 265 g/mol. The number of aliphatic hydroxyl groups excluding tert-OH is 1. The molecule has 0 spiro atoms. The second-order valence-electron chi connectivity index (χ2n) is 4.79. The van der Waals surface area contributed by atoms with Crippen molar-refractivity contribution in [2.75, 3.05) is 19.4 Å². The molecule has 0 bridgehead atoms. The lowest BCUT2D eigenvalue weighted by molar-refractivity contribution is -0.127. The van der Waals surface area contributed by atoms with E-state index < -0.39 is 5.41 Å². The lowest BCUT2D eigenvalue weighted by atomic mass is 10.1. The molecule has 1 aliphatic rings. The Labute approximate surface area is 112 Å². The molecule has 1 amide bonds. The summed E-state index contributed by atoms with van der Waals surface area (Å²) in [7, 11) is 0. The van der Waals surface area contributed by atoms with Crippen molar-refractivity contribution in [1.29, 1.82) is 0 Å². The first kappa shape index (κ1) is 13.4. The number of hydrogen-bond donors (Lipinski definition) is 2. The molecule has 2 rings (SSSR count). The normalized spacial score (nSPS) is 16.3. The molecule has 4 heteroatoms. The second kappa shape index (κ2) is 5.76. The molecule has 0 atom stereocenters. The SMILES string of the molecule is CSc1ccc(CCNC(=O)C2(CO)CC2)cc1. The highest BCUT2D eigenvalue weighted by Gasteiger charge is 2.49. The van der Waals surface area contributed by atoms with E-state index >= 15 is 0 Å². The summed E-state index contributed by atoms with van der Waals surface area (Å²) in [4.78, 5) is 13.0. The summed E-state index contributed by atoms with van der Waals surface area (Å²) in [5.41, 5.74) is 0.768. The highest BCUT2D eigenvalue weighted by atomic mass is 32.2. The lowest BCUT2D eigenvalue weighted by Gasteiger charge is -2.12. The van der Waals surface area contributed by atoms with Crippen LogP contribution in [0.5, 0.6) is 0 Å². The molecule has 3 nitrogen and oxygen atoms in total. The monoisotopic (exact) mass is 265 g/mol. The van der Waals surface area contributed by atoms with Crippen molar-refractivity contribution >= 4 is 17.7 Å². The average Bonchev–Trinajstić information content (AvgIpc) is 3.20. The van der Waals surface area contributed by atoms with E-state index in [0.717, 1.165) is 19.3 Å². The smallest absolute Gasteiger partial charge is 0.228 e. The van der Waals surface area contributed by atoms with E-state index in [0.29, 0.717) is 6.54 Å². The van der Waals surface area contributed by atoms with Crippen molar-refractivity contribution in [2.45, 2.75) is 24.2 Å². The lowest BCUT2D eigenvalue weighted by Crippen LogP contribution is -2.35. The number of benzene rings is 1. The number of nitrogens with one attached hydrogen (secondary N) is 1. The molecule has 1 fully saturated rings. The highest BCUT2D eigenvalue weighted by Crippen LogP contribution is 2.45. The molecular weight excluding hydrogens is 246 g/mol. The van der Waals surface area contributed by atoms with Crippen molar-refractivity contribution in [1.82, 2.24) is 5.32 Å². The number of thioether (sulfide) groups is 1. The zero-order valence-corrected chi connectivity index (χ0v) is 11.4. The molecule has 1 aromatic carbocycles. The molecule has 0 radical (unpaired) electrons. The third-order valence-corrected chi connectivity index (χ3v) is 4.24. The molecule has 1 aromatic rings. The Kier molecular flexibility index (Phi) is 4.30. The Morgan fingerprint density at radius 3 is 2.56 bits per heavy atom. The van der Waals surface area contributed by atoms with Gasteiger partial charge in [0.15, 0.2) is 0 Å². The fourth-order valence-corrected chi connectivity index (χ4v) is 2.32. The van der Waals surface area contributed by atoms with Gasteiger partial charge in [0.05, 0.1) is 12.0 Å². The minimum absolute atomic E-state index is 0.00531. The summed E-state index contributed by atoms with van der Waals surface area (Å²) in [5.74, 6) is 0.00531. The van der Waals surface area contributed by atoms with Crippen LogP contribution in [-0.2, 0) is 11.2 Å². The number of carbonyl (C=O) groups excluding carboxylic acids is 1. The zero-order chi connectivity index (χ0) is 13.0. The number of hydrogen-bond acceptors (Lipinski definition) is 3. The standard InChI is InChI=1S/C14H19NO2S/c1-18-12-4-2-11(3-5-12)6-9-15-13(17)14(10-16)7-8-14/h2-5,16H,6-10H2,1H3,(H,15,17). The fourth-order valence-electron chi connectivity index (χ4n) is 1.91. The molecule has 1 aliphatic carbocycles. The van der Waals surface area contributed by atoms with Gasteiger partial charge in [-0.05, 0) is 43.2 Å². The summed E-state index contributed by atoms with van der Waals surface area (Å²) in [6, 6.07) is 8.38. The Bertz CT molecular complexity index is 412. The van der Waals surface area contributed by atoms with Crippen LogP contribution in [0.25, 0.3) is 0 Å². The van der Waals surface area contributed by atoms with Gasteiger partial charge in [0.1, 0.15) is 0 Å². The van der Waals surface area contributed by atoms with Crippen LogP contribution < -0.4 is 5.32 Å². The molecule has 18 heavy (non-hydrogen) atoms. The fraction of sp³-hybridized carbons (Fsp3) is 0.500. The van der Waals surface area contributed by atoms with E-state index in [9.17, 15) is 4.79 Å². The van der Waals surface area contributed by atoms with Crippen molar-refractivity contribution in [3.8, 4) is 0 Å². The maximum absolute atomic E-state index is 11.8. The Hall–Kier alpha value is -1.00. The minimum Gasteiger partial charge on any atom is -0.395 e. The van der Waals surface area contributed by atoms with E-state index in [1.165, 1.54) is 10.5 Å². The van der Waals surface area contributed by atoms with Crippen molar-refractivity contribution in [2.24, 2.45) is 5.41 Å². The highest BCUT2D eigenvalue weighted by molar-refractivity contribution is 7.98. The van der Waals surface area contributed by atoms with Crippen LogP contribution in [0.3, 0.4) is 0 Å². The molecule has 0 aliphatic heterocycles. The van der Waals surface area contributed by atoms with E-state index in [-0.39, 0.29) is 12.5 Å². The van der Waals surface area contributed by atoms with Gasteiger partial charge in [-0.2, -0.15) is 0 Å². The molecular formula is C14H19NO2S. The van der Waals surface area contributed by atoms with Crippen LogP contribution in [0.2, 0.25) is 0 Å². The zero-order valence-electron chi connectivity index (χ0n) is 10.6. The third kappa shape index (κ3) is 3.06. The van der Waals surface area contributed by atoms with Gasteiger partial charge >= 0.3 is 0 Å². The van der Waals surface area contributed by atoms with Crippen molar-refractivity contribution in [3.63, 3.8) is 0 Å². The van der Waals surface area contributed by atoms with E-state index in [1.54, 1.807) is 11.8 Å². The molecule has 1 saturated carbocycles. The Morgan fingerprint density at radius 2 is 2.06 bits per heavy atom. The first-order chi connectivity index (χ1) is 8.70. The summed E-state index contributed by atoms with van der Waals surface area (Å²) in [6.45, 7) is 0.612. The first-order valence-corrected chi connectivity index (χ1v) is 7.45. The Balaban J connectivity index is 1.76. The van der Waals surface area contributed by atoms with Gasteiger partial charge < -0.3 is 10.4 Å². The minimum atomic E-state index is -0.456. The van der Waals surface area contributed by atoms with Gasteiger partial charge in [-0.15, -0.1) is 11.8 Å². The van der Waals surface area contributed by atoms with Crippen LogP contribution in [0, 0.1) is 5.41 Å². The number of aliphatic hydroxyl groups is 1. The number of carbonyl (C=O) groups is 1. The van der Waals surface area contributed by atoms with Gasteiger partial charge in [0.25, 0.3) is 0 Å². The van der Waals surface area contributed by atoms with E-state index in [2.05, 4.69) is 35.8 Å². The maximum atomic E-state index is 11.8. The molecule has 0 saturated heterocycles.